The maximum absolute atomic E-state index is 12.8. The molecule has 2 heterocycles. The van der Waals surface area contributed by atoms with E-state index in [1.165, 1.54) is 5.56 Å². The van der Waals surface area contributed by atoms with Gasteiger partial charge in [-0.2, -0.15) is 0 Å². The van der Waals surface area contributed by atoms with E-state index in [0.29, 0.717) is 17.9 Å². The van der Waals surface area contributed by atoms with Crippen LogP contribution in [0.15, 0.2) is 42.5 Å². The van der Waals surface area contributed by atoms with E-state index < -0.39 is 0 Å². The molecule has 2 aromatic rings. The Balaban J connectivity index is 1.86. The minimum absolute atomic E-state index is 0.0567. The monoisotopic (exact) mass is 339 g/mol. The van der Waals surface area contributed by atoms with Crippen LogP contribution in [0.2, 0.25) is 0 Å². The van der Waals surface area contributed by atoms with Crippen LogP contribution in [0.4, 0.5) is 0 Å². The lowest BCUT2D eigenvalue weighted by Crippen LogP contribution is -2.28. The Hall–Kier alpha value is -2.13. The first-order chi connectivity index (χ1) is 11.7. The molecule has 3 nitrogen and oxygen atoms in total. The average Bonchev–Trinajstić information content (AvgIpc) is 2.77. The lowest BCUT2D eigenvalue weighted by molar-refractivity contribution is 0.0753. The van der Waals surface area contributed by atoms with Crippen LogP contribution in [0.25, 0.3) is 0 Å². The average molecular weight is 340 g/mol. The minimum Gasteiger partial charge on any atom is -0.327 e. The zero-order valence-corrected chi connectivity index (χ0v) is 14.1. The maximum atomic E-state index is 12.8. The Bertz CT molecular complexity index is 830. The number of fused-ring (bicyclic) bond motifs is 5. The Kier molecular flexibility index (Phi) is 3.89. The highest BCUT2D eigenvalue weighted by Crippen LogP contribution is 2.42. The lowest BCUT2D eigenvalue weighted by Gasteiger charge is -2.24. The second-order valence-corrected chi connectivity index (χ2v) is 6.75. The SMILES string of the molecule is O=C(CCCl)c1ccc2c(c1)C1c3ccccc3C(=O)N1CCC2. The Morgan fingerprint density at radius 3 is 2.83 bits per heavy atom. The van der Waals surface area contributed by atoms with Gasteiger partial charge in [-0.3, -0.25) is 9.59 Å². The van der Waals surface area contributed by atoms with Crippen LogP contribution in [-0.2, 0) is 6.42 Å². The molecule has 24 heavy (non-hydrogen) atoms. The van der Waals surface area contributed by atoms with Gasteiger partial charge in [0.15, 0.2) is 5.78 Å². The van der Waals surface area contributed by atoms with Crippen molar-refractivity contribution in [2.45, 2.75) is 25.3 Å². The summed E-state index contributed by atoms with van der Waals surface area (Å²) in [7, 11) is 0. The molecule has 0 radical (unpaired) electrons. The summed E-state index contributed by atoms with van der Waals surface area (Å²) in [5.74, 6) is 0.481. The fraction of sp³-hybridized carbons (Fsp3) is 0.300. The van der Waals surface area contributed by atoms with E-state index >= 15 is 0 Å². The van der Waals surface area contributed by atoms with Crippen molar-refractivity contribution in [2.75, 3.05) is 12.4 Å². The van der Waals surface area contributed by atoms with Crippen LogP contribution in [0, 0.1) is 0 Å². The highest BCUT2D eigenvalue weighted by molar-refractivity contribution is 6.19. The van der Waals surface area contributed by atoms with Crippen molar-refractivity contribution in [2.24, 2.45) is 0 Å². The molecule has 2 aliphatic heterocycles. The number of ketones is 1. The van der Waals surface area contributed by atoms with E-state index in [0.717, 1.165) is 36.1 Å². The summed E-state index contributed by atoms with van der Waals surface area (Å²) < 4.78 is 0. The predicted molar refractivity (Wildman–Crippen MR) is 93.8 cm³/mol. The topological polar surface area (TPSA) is 37.4 Å². The third kappa shape index (κ3) is 2.35. The number of Topliss-reactive ketones (excluding diaryl/α,β-unsaturated/α-hetero) is 1. The minimum atomic E-state index is -0.0741. The number of alkyl halides is 1. The molecule has 122 valence electrons. The largest absolute Gasteiger partial charge is 0.327 e. The molecular formula is C20H18ClNO2. The Morgan fingerprint density at radius 2 is 2.00 bits per heavy atom. The molecular weight excluding hydrogens is 322 g/mol. The quantitative estimate of drug-likeness (QED) is 0.626. The fourth-order valence-electron chi connectivity index (χ4n) is 3.86. The van der Waals surface area contributed by atoms with Crippen molar-refractivity contribution in [3.63, 3.8) is 0 Å². The number of benzene rings is 2. The van der Waals surface area contributed by atoms with Crippen LogP contribution in [0.1, 0.15) is 56.3 Å². The molecule has 0 bridgehead atoms. The van der Waals surface area contributed by atoms with Gasteiger partial charge in [-0.15, -0.1) is 11.6 Å². The summed E-state index contributed by atoms with van der Waals surface area (Å²) in [5, 5.41) is 0. The first kappa shape index (κ1) is 15.4. The van der Waals surface area contributed by atoms with Crippen LogP contribution in [0.5, 0.6) is 0 Å². The van der Waals surface area contributed by atoms with E-state index in [1.54, 1.807) is 0 Å². The third-order valence-corrected chi connectivity index (χ3v) is 5.18. The predicted octanol–water partition coefficient (Wildman–Crippen LogP) is 3.99. The van der Waals surface area contributed by atoms with Gasteiger partial charge in [-0.1, -0.05) is 30.3 Å². The standard InChI is InChI=1S/C20H18ClNO2/c21-10-9-18(23)14-8-7-13-4-3-11-22-19(17(13)12-14)15-5-1-2-6-16(15)20(22)24/h1-2,5-8,12,19H,3-4,9-11H2. The van der Waals surface area contributed by atoms with Crippen LogP contribution in [-0.4, -0.2) is 29.0 Å². The number of aryl methyl sites for hydroxylation is 1. The molecule has 1 amide bonds. The highest BCUT2D eigenvalue weighted by atomic mass is 35.5. The van der Waals surface area contributed by atoms with E-state index in [9.17, 15) is 9.59 Å². The van der Waals surface area contributed by atoms with Gasteiger partial charge < -0.3 is 4.90 Å². The number of nitrogens with zero attached hydrogens (tertiary/aromatic N) is 1. The van der Waals surface area contributed by atoms with Gasteiger partial charge in [0.1, 0.15) is 0 Å². The first-order valence-electron chi connectivity index (χ1n) is 8.32. The summed E-state index contributed by atoms with van der Waals surface area (Å²) in [6, 6.07) is 13.7. The molecule has 2 aliphatic rings. The number of carbonyl (C=O) groups excluding carboxylic acids is 2. The van der Waals surface area contributed by atoms with Crippen LogP contribution >= 0.6 is 11.6 Å². The van der Waals surface area contributed by atoms with Crippen molar-refractivity contribution < 1.29 is 9.59 Å². The molecule has 2 aromatic carbocycles. The molecule has 0 fully saturated rings. The Morgan fingerprint density at radius 1 is 1.17 bits per heavy atom. The Labute approximate surface area is 146 Å². The first-order valence-corrected chi connectivity index (χ1v) is 8.86. The number of rotatable bonds is 3. The van der Waals surface area contributed by atoms with Crippen molar-refractivity contribution in [1.82, 2.24) is 4.90 Å². The van der Waals surface area contributed by atoms with E-state index in [4.69, 9.17) is 11.6 Å². The summed E-state index contributed by atoms with van der Waals surface area (Å²) in [5.41, 5.74) is 4.84. The molecule has 1 unspecified atom stereocenters. The zero-order chi connectivity index (χ0) is 16.7. The maximum Gasteiger partial charge on any atom is 0.255 e. The van der Waals surface area contributed by atoms with Gasteiger partial charge in [-0.05, 0) is 41.7 Å². The van der Waals surface area contributed by atoms with Gasteiger partial charge in [-0.25, -0.2) is 0 Å². The van der Waals surface area contributed by atoms with Gasteiger partial charge in [0.05, 0.1) is 6.04 Å². The van der Waals surface area contributed by atoms with Crippen molar-refractivity contribution in [3.8, 4) is 0 Å². The van der Waals surface area contributed by atoms with Gasteiger partial charge in [0.25, 0.3) is 5.91 Å². The number of hydrogen-bond donors (Lipinski definition) is 0. The normalized spacial score (nSPS) is 18.6. The summed E-state index contributed by atoms with van der Waals surface area (Å²) in [6.07, 6.45) is 2.21. The van der Waals surface area contributed by atoms with E-state index in [2.05, 4.69) is 0 Å². The summed E-state index contributed by atoms with van der Waals surface area (Å²) in [4.78, 5) is 27.0. The number of halogens is 1. The third-order valence-electron chi connectivity index (χ3n) is 4.99. The number of hydrogen-bond acceptors (Lipinski definition) is 2. The van der Waals surface area contributed by atoms with Crippen molar-refractivity contribution in [1.29, 1.82) is 0 Å². The lowest BCUT2D eigenvalue weighted by atomic mass is 9.91. The molecule has 0 aliphatic carbocycles. The smallest absolute Gasteiger partial charge is 0.255 e. The summed E-state index contributed by atoms with van der Waals surface area (Å²) in [6.45, 7) is 0.748. The molecule has 0 aromatic heterocycles. The molecule has 0 saturated heterocycles. The highest BCUT2D eigenvalue weighted by Gasteiger charge is 2.39. The zero-order valence-electron chi connectivity index (χ0n) is 13.3. The molecule has 4 heteroatoms. The number of amides is 1. The van der Waals surface area contributed by atoms with Crippen LogP contribution < -0.4 is 0 Å². The van der Waals surface area contributed by atoms with Crippen LogP contribution in [0.3, 0.4) is 0 Å². The molecule has 0 saturated carbocycles. The molecule has 0 spiro atoms. The number of carbonyl (C=O) groups is 2. The van der Waals surface area contributed by atoms with E-state index in [-0.39, 0.29) is 17.7 Å². The molecule has 1 atom stereocenters. The van der Waals surface area contributed by atoms with Gasteiger partial charge >= 0.3 is 0 Å². The molecule has 4 rings (SSSR count). The van der Waals surface area contributed by atoms with Gasteiger partial charge in [0.2, 0.25) is 0 Å². The van der Waals surface area contributed by atoms with E-state index in [1.807, 2.05) is 47.4 Å². The fourth-order valence-corrected chi connectivity index (χ4v) is 4.03. The second kappa shape index (κ2) is 6.06. The van der Waals surface area contributed by atoms with Crippen molar-refractivity contribution >= 4 is 23.3 Å². The van der Waals surface area contributed by atoms with Gasteiger partial charge in [0, 0.05) is 30.0 Å². The van der Waals surface area contributed by atoms with Crippen molar-refractivity contribution in [3.05, 3.63) is 70.3 Å². The summed E-state index contributed by atoms with van der Waals surface area (Å²) >= 11 is 5.72. The second-order valence-electron chi connectivity index (χ2n) is 6.37. The molecule has 0 N–H and O–H groups in total.